The fourth-order valence-corrected chi connectivity index (χ4v) is 3.54. The molecule has 0 saturated heterocycles. The van der Waals surface area contributed by atoms with Gasteiger partial charge in [-0.1, -0.05) is 20.8 Å². The summed E-state index contributed by atoms with van der Waals surface area (Å²) in [5, 5.41) is 12.9. The topological polar surface area (TPSA) is 62.5 Å². The molecule has 2 N–H and O–H groups in total. The zero-order valence-electron chi connectivity index (χ0n) is 12.1. The predicted octanol–water partition coefficient (Wildman–Crippen LogP) is 3.66. The van der Waals surface area contributed by atoms with Crippen molar-refractivity contribution in [3.63, 3.8) is 0 Å². The van der Waals surface area contributed by atoms with Gasteiger partial charge >= 0.3 is 5.97 Å². The van der Waals surface area contributed by atoms with E-state index in [0.29, 0.717) is 18.5 Å². The first-order valence-corrected chi connectivity index (χ1v) is 7.82. The predicted molar refractivity (Wildman–Crippen MR) is 80.3 cm³/mol. The second kappa shape index (κ2) is 5.90. The lowest BCUT2D eigenvalue weighted by Gasteiger charge is -2.46. The highest BCUT2D eigenvalue weighted by Crippen LogP contribution is 2.45. The lowest BCUT2D eigenvalue weighted by Crippen LogP contribution is -2.50. The van der Waals surface area contributed by atoms with Crippen LogP contribution in [-0.2, 0) is 11.3 Å². The van der Waals surface area contributed by atoms with Crippen molar-refractivity contribution in [2.75, 3.05) is 0 Å². The highest BCUT2D eigenvalue weighted by molar-refractivity contribution is 9.10. The van der Waals surface area contributed by atoms with Gasteiger partial charge in [0.1, 0.15) is 5.76 Å². The van der Waals surface area contributed by atoms with Crippen molar-refractivity contribution in [2.45, 2.75) is 46.2 Å². The number of carbonyl (C=O) groups is 1. The molecular weight excluding hydrogens is 322 g/mol. The molecule has 0 aliphatic heterocycles. The summed E-state index contributed by atoms with van der Waals surface area (Å²) >= 11 is 3.29. The highest BCUT2D eigenvalue weighted by Gasteiger charge is 2.46. The molecule has 0 amide bonds. The first kappa shape index (κ1) is 15.6. The molecule has 112 valence electrons. The molecule has 20 heavy (non-hydrogen) atoms. The molecule has 5 heteroatoms. The summed E-state index contributed by atoms with van der Waals surface area (Å²) in [6.45, 7) is 6.95. The third-order valence-corrected chi connectivity index (χ3v) is 5.33. The van der Waals surface area contributed by atoms with E-state index in [2.05, 4.69) is 42.0 Å². The fourth-order valence-electron chi connectivity index (χ4n) is 3.20. The number of furan rings is 1. The summed E-state index contributed by atoms with van der Waals surface area (Å²) in [5.74, 6) is 0.265. The quantitative estimate of drug-likeness (QED) is 0.875. The first-order valence-electron chi connectivity index (χ1n) is 7.02. The highest BCUT2D eigenvalue weighted by atomic mass is 79.9. The monoisotopic (exact) mass is 343 g/mol. The van der Waals surface area contributed by atoms with Crippen LogP contribution in [0.2, 0.25) is 0 Å². The normalized spacial score (nSPS) is 29.3. The Balaban J connectivity index is 1.99. The molecule has 1 aliphatic carbocycles. The van der Waals surface area contributed by atoms with E-state index in [1.165, 1.54) is 0 Å². The van der Waals surface area contributed by atoms with Gasteiger partial charge in [-0.05, 0) is 52.2 Å². The first-order chi connectivity index (χ1) is 9.32. The van der Waals surface area contributed by atoms with Gasteiger partial charge in [-0.2, -0.15) is 0 Å². The molecule has 2 rings (SSSR count). The number of aliphatic carboxylic acids is 1. The summed E-state index contributed by atoms with van der Waals surface area (Å²) in [7, 11) is 0. The molecule has 3 atom stereocenters. The molecule has 1 aliphatic rings. The van der Waals surface area contributed by atoms with Crippen molar-refractivity contribution in [2.24, 2.45) is 17.3 Å². The van der Waals surface area contributed by atoms with E-state index in [4.69, 9.17) is 4.42 Å². The van der Waals surface area contributed by atoms with Crippen molar-refractivity contribution in [1.82, 2.24) is 5.32 Å². The third-order valence-electron chi connectivity index (χ3n) is 4.91. The number of rotatable bonds is 4. The average Bonchev–Trinajstić information content (AvgIpc) is 2.76. The molecule has 0 bridgehead atoms. The van der Waals surface area contributed by atoms with E-state index in [1.807, 2.05) is 12.1 Å². The second-order valence-corrected chi connectivity index (χ2v) is 7.05. The SMILES string of the molecule is CC1C(NCc2ccc(Br)o2)CCC(C(=O)O)C1(C)C. The van der Waals surface area contributed by atoms with Gasteiger partial charge in [-0.25, -0.2) is 0 Å². The maximum absolute atomic E-state index is 11.4. The second-order valence-electron chi connectivity index (χ2n) is 6.27. The maximum atomic E-state index is 11.4. The largest absolute Gasteiger partial charge is 0.481 e. The van der Waals surface area contributed by atoms with E-state index in [-0.39, 0.29) is 11.3 Å². The van der Waals surface area contributed by atoms with E-state index in [9.17, 15) is 9.90 Å². The van der Waals surface area contributed by atoms with Crippen LogP contribution in [0.1, 0.15) is 39.4 Å². The number of carboxylic acids is 1. The molecule has 0 spiro atoms. The lowest BCUT2D eigenvalue weighted by atomic mass is 9.61. The Labute approximate surface area is 128 Å². The van der Waals surface area contributed by atoms with Crippen LogP contribution in [0, 0.1) is 17.3 Å². The molecular formula is C15H22BrNO3. The molecule has 1 aromatic rings. The molecule has 4 nitrogen and oxygen atoms in total. The molecule has 1 heterocycles. The number of carboxylic acid groups (broad SMARTS) is 1. The minimum Gasteiger partial charge on any atom is -0.481 e. The zero-order chi connectivity index (χ0) is 14.9. The fraction of sp³-hybridized carbons (Fsp3) is 0.667. The van der Waals surface area contributed by atoms with Crippen molar-refractivity contribution >= 4 is 21.9 Å². The summed E-state index contributed by atoms with van der Waals surface area (Å²) in [6, 6.07) is 4.14. The Hall–Kier alpha value is -0.810. The Morgan fingerprint density at radius 2 is 2.20 bits per heavy atom. The minimum atomic E-state index is -0.671. The van der Waals surface area contributed by atoms with Gasteiger partial charge in [0.2, 0.25) is 0 Å². The van der Waals surface area contributed by atoms with Gasteiger partial charge in [0.05, 0.1) is 12.5 Å². The van der Waals surface area contributed by atoms with Crippen LogP contribution >= 0.6 is 15.9 Å². The molecule has 0 radical (unpaired) electrons. The van der Waals surface area contributed by atoms with Crippen molar-refractivity contribution in [1.29, 1.82) is 0 Å². The van der Waals surface area contributed by atoms with Crippen LogP contribution in [0.3, 0.4) is 0 Å². The standard InChI is InChI=1S/C15H22BrNO3/c1-9-12(17-8-10-4-7-13(16)20-10)6-5-11(14(18)19)15(9,2)3/h4,7,9,11-12,17H,5-6,8H2,1-3H3,(H,18,19). The van der Waals surface area contributed by atoms with Crippen LogP contribution in [0.15, 0.2) is 21.2 Å². The summed E-state index contributed by atoms with van der Waals surface area (Å²) in [6.07, 6.45) is 1.62. The van der Waals surface area contributed by atoms with Crippen molar-refractivity contribution < 1.29 is 14.3 Å². The smallest absolute Gasteiger partial charge is 0.307 e. The Morgan fingerprint density at radius 3 is 2.75 bits per heavy atom. The number of hydrogen-bond donors (Lipinski definition) is 2. The van der Waals surface area contributed by atoms with Gasteiger partial charge in [-0.15, -0.1) is 0 Å². The number of halogens is 1. The van der Waals surface area contributed by atoms with Gasteiger partial charge in [-0.3, -0.25) is 4.79 Å². The minimum absolute atomic E-state index is 0.203. The Kier molecular flexibility index (Phi) is 4.59. The Bertz CT molecular complexity index is 483. The van der Waals surface area contributed by atoms with E-state index < -0.39 is 5.97 Å². The van der Waals surface area contributed by atoms with Crippen LogP contribution < -0.4 is 5.32 Å². The van der Waals surface area contributed by atoms with E-state index >= 15 is 0 Å². The van der Waals surface area contributed by atoms with Crippen LogP contribution in [0.25, 0.3) is 0 Å². The van der Waals surface area contributed by atoms with Crippen LogP contribution in [0.5, 0.6) is 0 Å². The van der Waals surface area contributed by atoms with Gasteiger partial charge in [0.15, 0.2) is 4.67 Å². The summed E-state index contributed by atoms with van der Waals surface area (Å²) in [4.78, 5) is 11.4. The summed E-state index contributed by atoms with van der Waals surface area (Å²) < 4.78 is 6.21. The molecule has 1 saturated carbocycles. The average molecular weight is 344 g/mol. The molecule has 3 unspecified atom stereocenters. The van der Waals surface area contributed by atoms with Gasteiger partial charge in [0, 0.05) is 6.04 Å². The van der Waals surface area contributed by atoms with Gasteiger partial charge in [0.25, 0.3) is 0 Å². The Morgan fingerprint density at radius 1 is 1.50 bits per heavy atom. The lowest BCUT2D eigenvalue weighted by molar-refractivity contribution is -0.150. The third kappa shape index (κ3) is 3.09. The maximum Gasteiger partial charge on any atom is 0.307 e. The van der Waals surface area contributed by atoms with Crippen molar-refractivity contribution in [3.05, 3.63) is 22.6 Å². The van der Waals surface area contributed by atoms with E-state index in [1.54, 1.807) is 0 Å². The van der Waals surface area contributed by atoms with Crippen LogP contribution in [0.4, 0.5) is 0 Å². The molecule has 0 aromatic carbocycles. The molecule has 1 aromatic heterocycles. The van der Waals surface area contributed by atoms with Crippen LogP contribution in [-0.4, -0.2) is 17.1 Å². The molecule has 1 fully saturated rings. The number of hydrogen-bond acceptors (Lipinski definition) is 3. The summed E-state index contributed by atoms with van der Waals surface area (Å²) in [5.41, 5.74) is -0.203. The number of nitrogens with one attached hydrogen (secondary N) is 1. The van der Waals surface area contributed by atoms with Gasteiger partial charge < -0.3 is 14.8 Å². The zero-order valence-corrected chi connectivity index (χ0v) is 13.7. The van der Waals surface area contributed by atoms with E-state index in [0.717, 1.165) is 23.3 Å². The van der Waals surface area contributed by atoms with Crippen molar-refractivity contribution in [3.8, 4) is 0 Å².